The molecule has 2 atom stereocenters. The molecule has 1 aliphatic carbocycles. The fourth-order valence-electron chi connectivity index (χ4n) is 4.50. The first-order valence-electron chi connectivity index (χ1n) is 11.5. The number of benzene rings is 1. The van der Waals surface area contributed by atoms with Gasteiger partial charge in [0.05, 0.1) is 17.9 Å². The molecule has 174 valence electrons. The highest BCUT2D eigenvalue weighted by atomic mass is 19.1. The smallest absolute Gasteiger partial charge is 0.407 e. The first-order chi connectivity index (χ1) is 14.6. The molecule has 3 rings (SSSR count). The van der Waals surface area contributed by atoms with E-state index >= 15 is 0 Å². The van der Waals surface area contributed by atoms with E-state index in [1.54, 1.807) is 6.07 Å². The van der Waals surface area contributed by atoms with Crippen molar-refractivity contribution in [2.24, 2.45) is 5.92 Å². The lowest BCUT2D eigenvalue weighted by atomic mass is 9.86. The summed E-state index contributed by atoms with van der Waals surface area (Å²) in [4.78, 5) is 14.0. The summed E-state index contributed by atoms with van der Waals surface area (Å²) in [5, 5.41) is 6.37. The lowest BCUT2D eigenvalue weighted by Gasteiger charge is -2.37. The van der Waals surface area contributed by atoms with Crippen LogP contribution in [0.4, 0.5) is 20.6 Å². The highest BCUT2D eigenvalue weighted by Gasteiger charge is 2.26. The summed E-state index contributed by atoms with van der Waals surface area (Å²) in [5.41, 5.74) is 0.972. The molecule has 1 saturated carbocycles. The molecule has 0 bridgehead atoms. The van der Waals surface area contributed by atoms with Crippen molar-refractivity contribution in [1.82, 2.24) is 5.32 Å². The van der Waals surface area contributed by atoms with Crippen LogP contribution in [0.5, 0.6) is 0 Å². The van der Waals surface area contributed by atoms with Gasteiger partial charge in [-0.05, 0) is 84.4 Å². The number of morpholine rings is 1. The van der Waals surface area contributed by atoms with Gasteiger partial charge in [0.2, 0.25) is 0 Å². The van der Waals surface area contributed by atoms with Gasteiger partial charge in [0.25, 0.3) is 0 Å². The van der Waals surface area contributed by atoms with Gasteiger partial charge in [-0.3, -0.25) is 0 Å². The molecule has 7 heteroatoms. The van der Waals surface area contributed by atoms with Gasteiger partial charge in [0, 0.05) is 31.4 Å². The monoisotopic (exact) mass is 435 g/mol. The molecule has 1 aliphatic heterocycles. The highest BCUT2D eigenvalue weighted by molar-refractivity contribution is 5.68. The van der Waals surface area contributed by atoms with Crippen LogP contribution in [0.2, 0.25) is 0 Å². The molecule has 0 radical (unpaired) electrons. The van der Waals surface area contributed by atoms with Crippen LogP contribution in [0.1, 0.15) is 60.3 Å². The van der Waals surface area contributed by atoms with Gasteiger partial charge in [-0.25, -0.2) is 9.18 Å². The Labute approximate surface area is 185 Å². The van der Waals surface area contributed by atoms with Crippen molar-refractivity contribution in [3.05, 3.63) is 24.0 Å². The second-order valence-corrected chi connectivity index (χ2v) is 10.1. The van der Waals surface area contributed by atoms with E-state index in [1.165, 1.54) is 0 Å². The lowest BCUT2D eigenvalue weighted by Crippen LogP contribution is -2.45. The van der Waals surface area contributed by atoms with Gasteiger partial charge in [-0.15, -0.1) is 0 Å². The molecule has 0 spiro atoms. The van der Waals surface area contributed by atoms with E-state index in [2.05, 4.69) is 15.5 Å². The van der Waals surface area contributed by atoms with E-state index in [4.69, 9.17) is 9.47 Å². The molecule has 0 aromatic heterocycles. The van der Waals surface area contributed by atoms with E-state index in [0.717, 1.165) is 37.9 Å². The van der Waals surface area contributed by atoms with Gasteiger partial charge in [-0.1, -0.05) is 0 Å². The second kappa shape index (κ2) is 10.1. The Balaban J connectivity index is 1.44. The topological polar surface area (TPSA) is 62.8 Å². The number of anilines is 2. The van der Waals surface area contributed by atoms with Crippen LogP contribution < -0.4 is 15.5 Å². The highest BCUT2D eigenvalue weighted by Crippen LogP contribution is 2.28. The Bertz CT molecular complexity index is 734. The predicted molar refractivity (Wildman–Crippen MR) is 122 cm³/mol. The molecule has 2 aliphatic rings. The zero-order valence-electron chi connectivity index (χ0n) is 19.5. The van der Waals surface area contributed by atoms with Crippen LogP contribution >= 0.6 is 0 Å². The molecule has 2 fully saturated rings. The maximum atomic E-state index is 14.8. The van der Waals surface area contributed by atoms with Gasteiger partial charge in [0.1, 0.15) is 11.4 Å². The Kier molecular flexibility index (Phi) is 7.68. The summed E-state index contributed by atoms with van der Waals surface area (Å²) in [5.74, 6) is 0.317. The lowest BCUT2D eigenvalue weighted by molar-refractivity contribution is -0.00539. The van der Waals surface area contributed by atoms with Crippen molar-refractivity contribution in [1.29, 1.82) is 0 Å². The zero-order valence-corrected chi connectivity index (χ0v) is 19.5. The minimum atomic E-state index is -0.478. The summed E-state index contributed by atoms with van der Waals surface area (Å²) in [6, 6.07) is 5.58. The zero-order chi connectivity index (χ0) is 22.6. The number of nitrogens with zero attached hydrogens (tertiary/aromatic N) is 1. The third kappa shape index (κ3) is 7.27. The molecular weight excluding hydrogens is 397 g/mol. The number of carbonyl (C=O) groups excluding carboxylic acids is 1. The van der Waals surface area contributed by atoms with Crippen LogP contribution in [0.25, 0.3) is 0 Å². The predicted octanol–water partition coefficient (Wildman–Crippen LogP) is 4.93. The maximum Gasteiger partial charge on any atom is 0.407 e. The standard InChI is InChI=1S/C24H38FN3O3/c1-16-14-28(15-17(2)30-16)22-11-10-20(12-21(22)25)26-13-18-6-8-19(9-7-18)27-23(29)31-24(3,4)5/h10-12,16-19,26H,6-9,13-15H2,1-5H3,(H,27,29). The number of halogens is 1. The molecule has 1 saturated heterocycles. The quantitative estimate of drug-likeness (QED) is 0.686. The van der Waals surface area contributed by atoms with Crippen LogP contribution in [0.3, 0.4) is 0 Å². The summed E-state index contributed by atoms with van der Waals surface area (Å²) < 4.78 is 25.9. The number of hydrogen-bond donors (Lipinski definition) is 2. The average Bonchev–Trinajstić information content (AvgIpc) is 2.65. The third-order valence-corrected chi connectivity index (χ3v) is 5.87. The normalized spacial score (nSPS) is 27.0. The van der Waals surface area contributed by atoms with E-state index in [-0.39, 0.29) is 30.2 Å². The SMILES string of the molecule is CC1CN(c2ccc(NCC3CCC(NC(=O)OC(C)(C)C)CC3)cc2F)CC(C)O1. The van der Waals surface area contributed by atoms with Gasteiger partial charge < -0.3 is 25.0 Å². The van der Waals surface area contributed by atoms with Gasteiger partial charge in [0.15, 0.2) is 0 Å². The Morgan fingerprint density at radius 1 is 1.16 bits per heavy atom. The largest absolute Gasteiger partial charge is 0.444 e. The second-order valence-electron chi connectivity index (χ2n) is 10.1. The molecule has 2 unspecified atom stereocenters. The summed E-state index contributed by atoms with van der Waals surface area (Å²) in [7, 11) is 0. The molecule has 1 aromatic carbocycles. The van der Waals surface area contributed by atoms with Crippen LogP contribution in [-0.2, 0) is 9.47 Å². The third-order valence-electron chi connectivity index (χ3n) is 5.87. The van der Waals surface area contributed by atoms with Crippen molar-refractivity contribution in [3.63, 3.8) is 0 Å². The van der Waals surface area contributed by atoms with Gasteiger partial charge >= 0.3 is 6.09 Å². The van der Waals surface area contributed by atoms with Gasteiger partial charge in [-0.2, -0.15) is 0 Å². The number of nitrogens with one attached hydrogen (secondary N) is 2. The van der Waals surface area contributed by atoms with Crippen molar-refractivity contribution in [3.8, 4) is 0 Å². The Morgan fingerprint density at radius 3 is 2.39 bits per heavy atom. The van der Waals surface area contributed by atoms with E-state index in [1.807, 2.05) is 46.8 Å². The van der Waals surface area contributed by atoms with Crippen molar-refractivity contribution < 1.29 is 18.7 Å². The summed E-state index contributed by atoms with van der Waals surface area (Å²) in [6.07, 6.45) is 3.78. The van der Waals surface area contributed by atoms with Crippen LogP contribution in [0, 0.1) is 11.7 Å². The minimum Gasteiger partial charge on any atom is -0.444 e. The van der Waals surface area contributed by atoms with Crippen LogP contribution in [-0.4, -0.2) is 49.6 Å². The summed E-state index contributed by atoms with van der Waals surface area (Å²) >= 11 is 0. The van der Waals surface area contributed by atoms with Crippen LogP contribution in [0.15, 0.2) is 18.2 Å². The fraction of sp³-hybridized carbons (Fsp3) is 0.708. The fourth-order valence-corrected chi connectivity index (χ4v) is 4.50. The number of amides is 1. The summed E-state index contributed by atoms with van der Waals surface area (Å²) in [6.45, 7) is 11.9. The number of rotatable bonds is 5. The molecule has 1 heterocycles. The molecule has 2 N–H and O–H groups in total. The molecule has 1 amide bonds. The van der Waals surface area contributed by atoms with E-state index < -0.39 is 5.60 Å². The number of ether oxygens (including phenoxy) is 2. The van der Waals surface area contributed by atoms with Crippen molar-refractivity contribution in [2.75, 3.05) is 29.9 Å². The maximum absolute atomic E-state index is 14.8. The Hall–Kier alpha value is -2.02. The number of carbonyl (C=O) groups is 1. The van der Waals surface area contributed by atoms with Crippen molar-refractivity contribution >= 4 is 17.5 Å². The molecular formula is C24H38FN3O3. The van der Waals surface area contributed by atoms with E-state index in [0.29, 0.717) is 24.7 Å². The van der Waals surface area contributed by atoms with Crippen molar-refractivity contribution in [2.45, 2.75) is 84.2 Å². The first-order valence-corrected chi connectivity index (χ1v) is 11.5. The molecule has 6 nitrogen and oxygen atoms in total. The minimum absolute atomic E-state index is 0.0980. The number of alkyl carbamates (subject to hydrolysis) is 1. The first kappa shape index (κ1) is 23.6. The van der Waals surface area contributed by atoms with E-state index in [9.17, 15) is 9.18 Å². The number of hydrogen-bond acceptors (Lipinski definition) is 5. The molecule has 31 heavy (non-hydrogen) atoms. The molecule has 1 aromatic rings. The average molecular weight is 436 g/mol. The Morgan fingerprint density at radius 2 is 1.81 bits per heavy atom.